The van der Waals surface area contributed by atoms with Gasteiger partial charge >= 0.3 is 12.1 Å². The summed E-state index contributed by atoms with van der Waals surface area (Å²) in [7, 11) is 0. The molecule has 0 aliphatic heterocycles. The molecule has 0 rings (SSSR count). The Hall–Kier alpha value is -0.780. The summed E-state index contributed by atoms with van der Waals surface area (Å²) in [5.41, 5.74) is 2.94. The van der Waals surface area contributed by atoms with Crippen LogP contribution in [0.5, 0.6) is 0 Å². The highest BCUT2D eigenvalue weighted by Gasteiger charge is 2.48. The van der Waals surface area contributed by atoms with Gasteiger partial charge in [-0.15, -0.1) is 0 Å². The molecule has 0 saturated carbocycles. The van der Waals surface area contributed by atoms with Crippen molar-refractivity contribution < 1.29 is 23.1 Å². The first-order valence-electron chi connectivity index (χ1n) is 3.63. The van der Waals surface area contributed by atoms with Crippen LogP contribution in [0, 0.1) is 5.41 Å². The average molecular weight is 199 g/mol. The average Bonchev–Trinajstić information content (AvgIpc) is 1.83. The zero-order chi connectivity index (χ0) is 10.9. The number of carbonyl (C=O) groups is 1. The molecule has 6 heteroatoms. The molecule has 13 heavy (non-hydrogen) atoms. The number of hydrogen-bond acceptors (Lipinski definition) is 2. The van der Waals surface area contributed by atoms with E-state index in [1.54, 1.807) is 0 Å². The van der Waals surface area contributed by atoms with E-state index in [0.717, 1.165) is 13.8 Å². The number of halogens is 3. The number of rotatable bonds is 3. The van der Waals surface area contributed by atoms with Crippen molar-refractivity contribution in [3.8, 4) is 0 Å². The molecule has 0 heterocycles. The SMILES string of the molecule is CC(C)(CC(N)C(=O)O)C(F)(F)F. The van der Waals surface area contributed by atoms with E-state index in [0.29, 0.717) is 0 Å². The van der Waals surface area contributed by atoms with Crippen molar-refractivity contribution in [2.24, 2.45) is 11.1 Å². The van der Waals surface area contributed by atoms with Gasteiger partial charge in [-0.1, -0.05) is 13.8 Å². The fourth-order valence-corrected chi connectivity index (χ4v) is 0.753. The zero-order valence-corrected chi connectivity index (χ0v) is 7.35. The Labute approximate surface area is 73.7 Å². The molecular weight excluding hydrogens is 187 g/mol. The van der Waals surface area contributed by atoms with Crippen molar-refractivity contribution in [1.29, 1.82) is 0 Å². The number of alkyl halides is 3. The van der Waals surface area contributed by atoms with Gasteiger partial charge in [-0.25, -0.2) is 0 Å². The Morgan fingerprint density at radius 1 is 1.46 bits per heavy atom. The lowest BCUT2D eigenvalue weighted by Gasteiger charge is -2.28. The van der Waals surface area contributed by atoms with E-state index in [2.05, 4.69) is 0 Å². The van der Waals surface area contributed by atoms with E-state index >= 15 is 0 Å². The van der Waals surface area contributed by atoms with Crippen molar-refractivity contribution in [1.82, 2.24) is 0 Å². The van der Waals surface area contributed by atoms with Gasteiger partial charge in [-0.3, -0.25) is 4.79 Å². The minimum absolute atomic E-state index is 0.619. The van der Waals surface area contributed by atoms with Crippen molar-refractivity contribution in [2.45, 2.75) is 32.5 Å². The van der Waals surface area contributed by atoms with Crippen LogP contribution in [0.3, 0.4) is 0 Å². The predicted octanol–water partition coefficient (Wildman–Crippen LogP) is 1.38. The highest BCUT2D eigenvalue weighted by Crippen LogP contribution is 2.40. The minimum atomic E-state index is -4.43. The third kappa shape index (κ3) is 3.22. The molecule has 0 saturated heterocycles. The molecule has 3 N–H and O–H groups in total. The molecular formula is C7H12F3NO2. The highest BCUT2D eigenvalue weighted by molar-refractivity contribution is 5.73. The first kappa shape index (κ1) is 12.2. The summed E-state index contributed by atoms with van der Waals surface area (Å²) in [5.74, 6) is -1.42. The molecule has 0 radical (unpaired) electrons. The maximum Gasteiger partial charge on any atom is 0.394 e. The lowest BCUT2D eigenvalue weighted by Crippen LogP contribution is -2.41. The van der Waals surface area contributed by atoms with E-state index in [4.69, 9.17) is 10.8 Å². The van der Waals surface area contributed by atoms with E-state index in [9.17, 15) is 18.0 Å². The summed E-state index contributed by atoms with van der Waals surface area (Å²) in [6.07, 6.45) is -5.05. The van der Waals surface area contributed by atoms with Gasteiger partial charge in [0, 0.05) is 0 Å². The lowest BCUT2D eigenvalue weighted by molar-refractivity contribution is -0.215. The second kappa shape index (κ2) is 3.53. The number of carboxylic acids is 1. The Balaban J connectivity index is 4.43. The van der Waals surface area contributed by atoms with E-state index in [1.165, 1.54) is 0 Å². The van der Waals surface area contributed by atoms with Crippen molar-refractivity contribution in [3.05, 3.63) is 0 Å². The summed E-state index contributed by atoms with van der Waals surface area (Å²) >= 11 is 0. The Morgan fingerprint density at radius 2 is 1.85 bits per heavy atom. The molecule has 1 unspecified atom stereocenters. The van der Waals surface area contributed by atoms with Gasteiger partial charge in [0.2, 0.25) is 0 Å². The van der Waals surface area contributed by atoms with E-state index in [1.807, 2.05) is 0 Å². The summed E-state index contributed by atoms with van der Waals surface area (Å²) in [6.45, 7) is 1.85. The van der Waals surface area contributed by atoms with Crippen LogP contribution < -0.4 is 5.73 Å². The second-order valence-corrected chi connectivity index (χ2v) is 3.53. The van der Waals surface area contributed by atoms with Crippen molar-refractivity contribution in [2.75, 3.05) is 0 Å². The van der Waals surface area contributed by atoms with Gasteiger partial charge in [-0.05, 0) is 6.42 Å². The molecule has 0 aliphatic carbocycles. The normalized spacial score (nSPS) is 15.5. The molecule has 0 aromatic carbocycles. The first-order valence-corrected chi connectivity index (χ1v) is 3.63. The first-order chi connectivity index (χ1) is 5.58. The highest BCUT2D eigenvalue weighted by atomic mass is 19.4. The Kier molecular flexibility index (Phi) is 3.32. The summed E-state index contributed by atoms with van der Waals surface area (Å²) in [6, 6.07) is -1.48. The second-order valence-electron chi connectivity index (χ2n) is 3.53. The van der Waals surface area contributed by atoms with Gasteiger partial charge in [0.1, 0.15) is 6.04 Å². The van der Waals surface area contributed by atoms with Gasteiger partial charge in [0.05, 0.1) is 5.41 Å². The number of carboxylic acid groups (broad SMARTS) is 1. The number of hydrogen-bond donors (Lipinski definition) is 2. The fraction of sp³-hybridized carbons (Fsp3) is 0.857. The number of aliphatic carboxylic acids is 1. The van der Waals surface area contributed by atoms with Crippen LogP contribution in [0.1, 0.15) is 20.3 Å². The van der Waals surface area contributed by atoms with Crippen molar-refractivity contribution in [3.63, 3.8) is 0 Å². The third-order valence-electron chi connectivity index (χ3n) is 1.81. The van der Waals surface area contributed by atoms with Crippen LogP contribution in [0.25, 0.3) is 0 Å². The standard InChI is InChI=1S/C7H12F3NO2/c1-6(2,7(8,9)10)3-4(11)5(12)13/h4H,3,11H2,1-2H3,(H,12,13). The molecule has 3 nitrogen and oxygen atoms in total. The van der Waals surface area contributed by atoms with E-state index in [-0.39, 0.29) is 0 Å². The van der Waals surface area contributed by atoms with Crippen LogP contribution in [0.4, 0.5) is 13.2 Å². The fourth-order valence-electron chi connectivity index (χ4n) is 0.753. The smallest absolute Gasteiger partial charge is 0.394 e. The van der Waals surface area contributed by atoms with E-state index < -0.39 is 30.0 Å². The van der Waals surface area contributed by atoms with Crippen LogP contribution in [0.2, 0.25) is 0 Å². The summed E-state index contributed by atoms with van der Waals surface area (Å²) in [5, 5.41) is 8.32. The lowest BCUT2D eigenvalue weighted by atomic mass is 9.85. The Bertz CT molecular complexity index is 200. The zero-order valence-electron chi connectivity index (χ0n) is 7.35. The van der Waals surface area contributed by atoms with Crippen LogP contribution in [-0.2, 0) is 4.79 Å². The summed E-state index contributed by atoms with van der Waals surface area (Å²) in [4.78, 5) is 10.2. The maximum absolute atomic E-state index is 12.2. The molecule has 0 bridgehead atoms. The molecule has 0 spiro atoms. The van der Waals surface area contributed by atoms with Crippen LogP contribution >= 0.6 is 0 Å². The largest absolute Gasteiger partial charge is 0.480 e. The van der Waals surface area contributed by atoms with Gasteiger partial charge in [0.25, 0.3) is 0 Å². The summed E-state index contributed by atoms with van der Waals surface area (Å²) < 4.78 is 36.6. The van der Waals surface area contributed by atoms with Gasteiger partial charge in [-0.2, -0.15) is 13.2 Å². The molecule has 78 valence electrons. The molecule has 1 atom stereocenters. The molecule has 0 aliphatic rings. The van der Waals surface area contributed by atoms with Gasteiger partial charge < -0.3 is 10.8 Å². The third-order valence-corrected chi connectivity index (χ3v) is 1.81. The quantitative estimate of drug-likeness (QED) is 0.721. The molecule has 0 fully saturated rings. The van der Waals surface area contributed by atoms with Crippen LogP contribution in [0.15, 0.2) is 0 Å². The van der Waals surface area contributed by atoms with Crippen molar-refractivity contribution >= 4 is 5.97 Å². The monoisotopic (exact) mass is 199 g/mol. The van der Waals surface area contributed by atoms with Gasteiger partial charge in [0.15, 0.2) is 0 Å². The molecule has 0 aromatic rings. The predicted molar refractivity (Wildman–Crippen MR) is 40.1 cm³/mol. The maximum atomic E-state index is 12.2. The topological polar surface area (TPSA) is 63.3 Å². The Morgan fingerprint density at radius 3 is 2.08 bits per heavy atom. The number of nitrogens with two attached hydrogens (primary N) is 1. The molecule has 0 aromatic heterocycles. The minimum Gasteiger partial charge on any atom is -0.480 e. The molecule has 0 amide bonds. The van der Waals surface area contributed by atoms with Crippen LogP contribution in [-0.4, -0.2) is 23.3 Å².